The van der Waals surface area contributed by atoms with E-state index in [1.165, 1.54) is 36.4 Å². The van der Waals surface area contributed by atoms with Crippen molar-refractivity contribution >= 4 is 32.3 Å². The van der Waals surface area contributed by atoms with E-state index in [1.54, 1.807) is 112 Å². The molecule has 0 fully saturated rings. The van der Waals surface area contributed by atoms with Crippen molar-refractivity contribution in [2.75, 3.05) is 0 Å². The van der Waals surface area contributed by atoms with E-state index in [0.29, 0.717) is 82.8 Å². The van der Waals surface area contributed by atoms with Gasteiger partial charge in [-0.1, -0.05) is 73.9 Å². The van der Waals surface area contributed by atoms with Crippen LogP contribution < -0.4 is 0 Å². The third kappa shape index (κ3) is 8.69. The van der Waals surface area contributed by atoms with Crippen molar-refractivity contribution in [3.8, 4) is 33.8 Å². The average molecular weight is 955 g/mol. The Morgan fingerprint density at radius 3 is 0.897 bits per heavy atom. The maximum absolute atomic E-state index is 13.7. The van der Waals surface area contributed by atoms with Crippen LogP contribution in [0.5, 0.6) is 0 Å². The fraction of sp³-hybridized carbons (Fsp3) is 0.0625. The van der Waals surface area contributed by atoms with Crippen LogP contribution in [0.25, 0.3) is 66.1 Å². The van der Waals surface area contributed by atoms with E-state index in [0.717, 1.165) is 0 Å². The van der Waals surface area contributed by atoms with Gasteiger partial charge in [-0.15, -0.1) is 71.3 Å². The van der Waals surface area contributed by atoms with Crippen LogP contribution in [0.4, 0.5) is 26.3 Å². The minimum absolute atomic E-state index is 0. The Labute approximate surface area is 344 Å². The molecule has 0 saturated carbocycles. The zero-order valence-corrected chi connectivity index (χ0v) is 33.5. The summed E-state index contributed by atoms with van der Waals surface area (Å²) in [5.74, 6) is -1.81. The maximum atomic E-state index is 13.7. The van der Waals surface area contributed by atoms with Crippen molar-refractivity contribution in [2.24, 2.45) is 0 Å². The van der Waals surface area contributed by atoms with Crippen molar-refractivity contribution in [2.45, 2.75) is 20.8 Å². The quantitative estimate of drug-likeness (QED) is 0.131. The molecule has 6 aromatic carbocycles. The number of pyridine rings is 3. The zero-order valence-electron chi connectivity index (χ0n) is 31.1. The topological polar surface area (TPSA) is 38.7 Å². The van der Waals surface area contributed by atoms with Crippen LogP contribution in [0.1, 0.15) is 16.7 Å². The van der Waals surface area contributed by atoms with Gasteiger partial charge in [0.1, 0.15) is 17.5 Å². The van der Waals surface area contributed by atoms with Gasteiger partial charge in [0.05, 0.1) is 0 Å². The molecule has 288 valence electrons. The minimum Gasteiger partial charge on any atom is -0.304 e. The first-order chi connectivity index (χ1) is 27.5. The zero-order chi connectivity index (χ0) is 40.2. The number of hydrogen-bond donors (Lipinski definition) is 0. The average Bonchev–Trinajstić information content (AvgIpc) is 3.21. The molecule has 0 saturated heterocycles. The van der Waals surface area contributed by atoms with Crippen molar-refractivity contribution in [1.82, 2.24) is 15.0 Å². The van der Waals surface area contributed by atoms with Gasteiger partial charge < -0.3 is 15.0 Å². The molecule has 3 aromatic heterocycles. The van der Waals surface area contributed by atoms with Crippen LogP contribution in [0, 0.1) is 73.9 Å². The molecule has 58 heavy (non-hydrogen) atoms. The molecule has 9 rings (SSSR count). The van der Waals surface area contributed by atoms with Gasteiger partial charge in [-0.3, -0.25) is 13.2 Å². The van der Waals surface area contributed by atoms with Gasteiger partial charge in [0.25, 0.3) is 0 Å². The van der Waals surface area contributed by atoms with Crippen molar-refractivity contribution < 1.29 is 46.4 Å². The summed E-state index contributed by atoms with van der Waals surface area (Å²) in [5, 5.41) is 3.60. The summed E-state index contributed by atoms with van der Waals surface area (Å²) in [6.07, 6.45) is 4.65. The van der Waals surface area contributed by atoms with Crippen LogP contribution in [-0.4, -0.2) is 15.0 Å². The molecule has 0 aliphatic heterocycles. The Morgan fingerprint density at radius 1 is 0.362 bits per heavy atom. The fourth-order valence-electron chi connectivity index (χ4n) is 6.31. The van der Waals surface area contributed by atoms with Crippen LogP contribution in [0.2, 0.25) is 0 Å². The normalized spacial score (nSPS) is 10.7. The molecule has 10 heteroatoms. The van der Waals surface area contributed by atoms with Crippen molar-refractivity contribution in [1.29, 1.82) is 0 Å². The SMILES string of the molecule is Cc1cc(-c2nccc3c(F)cccc23)[c-]cc1F.Cc1cc(-c2nccc3c(F)cccc23)[c-]cc1F.Cc1cc(-c2nccc3c(F)cccc23)[c-]cc1F.[Ir+3]. The first-order valence-corrected chi connectivity index (χ1v) is 17.6. The van der Waals surface area contributed by atoms with E-state index in [9.17, 15) is 26.3 Å². The van der Waals surface area contributed by atoms with Gasteiger partial charge in [-0.05, 0) is 69.6 Å². The molecule has 0 bridgehead atoms. The van der Waals surface area contributed by atoms with Gasteiger partial charge in [0.15, 0.2) is 0 Å². The Balaban J connectivity index is 0.000000145. The number of nitrogens with zero attached hydrogens (tertiary/aromatic N) is 3. The van der Waals surface area contributed by atoms with Crippen LogP contribution in [0.15, 0.2) is 128 Å². The predicted octanol–water partition coefficient (Wildman–Crippen LogP) is 12.9. The molecule has 0 aliphatic rings. The number of rotatable bonds is 3. The van der Waals surface area contributed by atoms with Gasteiger partial charge in [-0.25, -0.2) is 13.2 Å². The number of fused-ring (bicyclic) bond motifs is 3. The van der Waals surface area contributed by atoms with Crippen molar-refractivity contribution in [3.05, 3.63) is 198 Å². The second-order valence-corrected chi connectivity index (χ2v) is 13.1. The summed E-state index contributed by atoms with van der Waals surface area (Å²) in [6.45, 7) is 5.04. The molecule has 3 heterocycles. The first-order valence-electron chi connectivity index (χ1n) is 17.6. The third-order valence-corrected chi connectivity index (χ3v) is 9.30. The van der Waals surface area contributed by atoms with Gasteiger partial charge >= 0.3 is 20.1 Å². The minimum atomic E-state index is -0.310. The summed E-state index contributed by atoms with van der Waals surface area (Å²) in [4.78, 5) is 12.8. The van der Waals surface area contributed by atoms with Gasteiger partial charge in [-0.2, -0.15) is 0 Å². The maximum Gasteiger partial charge on any atom is 3.00 e. The fourth-order valence-corrected chi connectivity index (χ4v) is 6.31. The molecule has 0 spiro atoms. The number of halogens is 6. The molecule has 0 amide bonds. The molecule has 0 atom stereocenters. The molecule has 3 nitrogen and oxygen atoms in total. The summed E-state index contributed by atoms with van der Waals surface area (Å²) < 4.78 is 81.0. The molecule has 0 aliphatic carbocycles. The van der Waals surface area contributed by atoms with E-state index >= 15 is 0 Å². The summed E-state index contributed by atoms with van der Waals surface area (Å²) in [5.41, 5.74) is 5.37. The third-order valence-electron chi connectivity index (χ3n) is 9.30. The summed E-state index contributed by atoms with van der Waals surface area (Å²) >= 11 is 0. The Bertz CT molecular complexity index is 2620. The molecule has 0 radical (unpaired) electrons. The Morgan fingerprint density at radius 2 is 0.638 bits per heavy atom. The largest absolute Gasteiger partial charge is 3.00 e. The monoisotopic (exact) mass is 955 g/mol. The molecule has 0 N–H and O–H groups in total. The smallest absolute Gasteiger partial charge is 0.304 e. The number of benzene rings is 6. The van der Waals surface area contributed by atoms with Gasteiger partial charge in [0, 0.05) is 52.2 Å². The second kappa shape index (κ2) is 17.9. The van der Waals surface area contributed by atoms with Crippen LogP contribution in [-0.2, 0) is 20.1 Å². The van der Waals surface area contributed by atoms with E-state index in [-0.39, 0.29) is 55.0 Å². The van der Waals surface area contributed by atoms with Crippen LogP contribution in [0.3, 0.4) is 0 Å². The number of aryl methyl sites for hydroxylation is 3. The van der Waals surface area contributed by atoms with E-state index in [2.05, 4.69) is 33.2 Å². The standard InChI is InChI=1S/3C16H10F2N.Ir/c3*1-10-9-11(5-6-14(10)17)16-13-3-2-4-15(18)12(13)7-8-19-16;/h3*2-4,6-9H,1H3;/q3*-1;+3. The van der Waals surface area contributed by atoms with E-state index in [4.69, 9.17) is 0 Å². The number of aromatic nitrogens is 3. The first kappa shape index (κ1) is 41.4. The molecule has 0 unspecified atom stereocenters. The molecule has 9 aromatic rings. The predicted molar refractivity (Wildman–Crippen MR) is 212 cm³/mol. The molecular formula is C48H30F6IrN3. The van der Waals surface area contributed by atoms with Crippen LogP contribution >= 0.6 is 0 Å². The Kier molecular flexibility index (Phi) is 12.8. The van der Waals surface area contributed by atoms with E-state index < -0.39 is 0 Å². The van der Waals surface area contributed by atoms with Crippen molar-refractivity contribution in [3.63, 3.8) is 0 Å². The van der Waals surface area contributed by atoms with Gasteiger partial charge in [0.2, 0.25) is 0 Å². The summed E-state index contributed by atoms with van der Waals surface area (Å²) in [6, 6.07) is 36.8. The number of hydrogen-bond acceptors (Lipinski definition) is 3. The van der Waals surface area contributed by atoms with E-state index in [1.807, 2.05) is 0 Å². The Hall–Kier alpha value is -6.22. The molecular weight excluding hydrogens is 925 g/mol. The second-order valence-electron chi connectivity index (χ2n) is 13.1. The summed E-state index contributed by atoms with van der Waals surface area (Å²) in [7, 11) is 0.